The first-order valence-electron chi connectivity index (χ1n) is 6.80. The number of methoxy groups -OCH3 is 1. The molecule has 0 spiro atoms. The SMILES string of the molecule is COC(=O)[C@H](CCC(N)=O)N1Cc2c(cccc2[N+](=O)[O-])C1=O. The monoisotopic (exact) mass is 321 g/mol. The summed E-state index contributed by atoms with van der Waals surface area (Å²) in [5, 5.41) is 11.1. The summed E-state index contributed by atoms with van der Waals surface area (Å²) in [6.07, 6.45) is -0.114. The van der Waals surface area contributed by atoms with Crippen LogP contribution in [0, 0.1) is 10.1 Å². The summed E-state index contributed by atoms with van der Waals surface area (Å²) >= 11 is 0. The molecule has 9 nitrogen and oxygen atoms in total. The van der Waals surface area contributed by atoms with Crippen LogP contribution in [0.25, 0.3) is 0 Å². The van der Waals surface area contributed by atoms with E-state index >= 15 is 0 Å². The molecular weight excluding hydrogens is 306 g/mol. The number of nitrogens with two attached hydrogens (primary N) is 1. The van der Waals surface area contributed by atoms with Crippen molar-refractivity contribution >= 4 is 23.5 Å². The third kappa shape index (κ3) is 3.12. The molecule has 0 aliphatic carbocycles. The first kappa shape index (κ1) is 16.4. The summed E-state index contributed by atoms with van der Waals surface area (Å²) in [6, 6.07) is 3.15. The molecule has 122 valence electrons. The molecule has 1 aromatic carbocycles. The minimum atomic E-state index is -1.02. The van der Waals surface area contributed by atoms with Gasteiger partial charge in [0.05, 0.1) is 29.7 Å². The van der Waals surface area contributed by atoms with E-state index in [1.165, 1.54) is 23.1 Å². The lowest BCUT2D eigenvalue weighted by Gasteiger charge is -2.25. The summed E-state index contributed by atoms with van der Waals surface area (Å²) < 4.78 is 4.66. The van der Waals surface area contributed by atoms with Gasteiger partial charge in [0.2, 0.25) is 5.91 Å². The van der Waals surface area contributed by atoms with Crippen LogP contribution in [0.3, 0.4) is 0 Å². The molecule has 1 aliphatic heterocycles. The number of amides is 2. The van der Waals surface area contributed by atoms with Gasteiger partial charge < -0.3 is 15.4 Å². The van der Waals surface area contributed by atoms with Crippen molar-refractivity contribution in [2.45, 2.75) is 25.4 Å². The zero-order chi connectivity index (χ0) is 17.1. The zero-order valence-electron chi connectivity index (χ0n) is 12.4. The Morgan fingerprint density at radius 3 is 2.74 bits per heavy atom. The van der Waals surface area contributed by atoms with Gasteiger partial charge in [-0.15, -0.1) is 0 Å². The standard InChI is InChI=1S/C14H15N3O6/c1-23-14(20)11(5-6-12(15)18)16-7-9-8(13(16)19)3-2-4-10(9)17(21)22/h2-4,11H,5-7H2,1H3,(H2,15,18)/t11-/m0/s1. The van der Waals surface area contributed by atoms with Crippen molar-refractivity contribution in [1.82, 2.24) is 4.90 Å². The molecule has 0 saturated heterocycles. The summed E-state index contributed by atoms with van der Waals surface area (Å²) in [4.78, 5) is 47.0. The predicted molar refractivity (Wildman–Crippen MR) is 77.2 cm³/mol. The Bertz CT molecular complexity index is 687. The van der Waals surface area contributed by atoms with Gasteiger partial charge >= 0.3 is 5.97 Å². The fourth-order valence-corrected chi connectivity index (χ4v) is 2.58. The summed E-state index contributed by atoms with van der Waals surface area (Å²) in [5.41, 5.74) is 5.32. The number of hydrogen-bond acceptors (Lipinski definition) is 6. The average molecular weight is 321 g/mol. The molecule has 1 aromatic rings. The highest BCUT2D eigenvalue weighted by Crippen LogP contribution is 2.32. The lowest BCUT2D eigenvalue weighted by Crippen LogP contribution is -2.42. The molecule has 0 saturated carbocycles. The number of nitro benzene ring substituents is 1. The molecule has 0 radical (unpaired) electrons. The van der Waals surface area contributed by atoms with E-state index in [0.717, 1.165) is 7.11 Å². The molecule has 0 fully saturated rings. The van der Waals surface area contributed by atoms with E-state index in [9.17, 15) is 24.5 Å². The van der Waals surface area contributed by atoms with E-state index in [0.29, 0.717) is 0 Å². The van der Waals surface area contributed by atoms with Gasteiger partial charge in [-0.05, 0) is 12.5 Å². The second kappa shape index (κ2) is 6.42. The Morgan fingerprint density at radius 2 is 2.17 bits per heavy atom. The number of carbonyl (C=O) groups is 3. The van der Waals surface area contributed by atoms with Crippen LogP contribution in [0.15, 0.2) is 18.2 Å². The Labute approximate surface area is 131 Å². The molecule has 9 heteroatoms. The summed E-state index contributed by atoms with van der Waals surface area (Å²) in [7, 11) is 1.16. The van der Waals surface area contributed by atoms with Crippen molar-refractivity contribution in [2.75, 3.05) is 7.11 Å². The van der Waals surface area contributed by atoms with E-state index < -0.39 is 28.7 Å². The third-order valence-electron chi connectivity index (χ3n) is 3.68. The smallest absolute Gasteiger partial charge is 0.328 e. The molecule has 2 amide bonds. The van der Waals surface area contributed by atoms with Crippen molar-refractivity contribution < 1.29 is 24.0 Å². The quantitative estimate of drug-likeness (QED) is 0.457. The Morgan fingerprint density at radius 1 is 1.48 bits per heavy atom. The van der Waals surface area contributed by atoms with E-state index in [-0.39, 0.29) is 36.2 Å². The molecule has 1 heterocycles. The number of rotatable bonds is 6. The van der Waals surface area contributed by atoms with Crippen LogP contribution in [0.4, 0.5) is 5.69 Å². The van der Waals surface area contributed by atoms with Crippen molar-refractivity contribution in [3.05, 3.63) is 39.4 Å². The lowest BCUT2D eigenvalue weighted by atomic mass is 10.1. The van der Waals surface area contributed by atoms with Crippen molar-refractivity contribution in [1.29, 1.82) is 0 Å². The number of esters is 1. The second-order valence-corrected chi connectivity index (χ2v) is 5.04. The van der Waals surface area contributed by atoms with Crippen LogP contribution in [0.5, 0.6) is 0 Å². The van der Waals surface area contributed by atoms with Crippen LogP contribution >= 0.6 is 0 Å². The minimum absolute atomic E-state index is 0.00443. The van der Waals surface area contributed by atoms with E-state index in [4.69, 9.17) is 5.73 Å². The molecule has 1 aliphatic rings. The van der Waals surface area contributed by atoms with Crippen molar-refractivity contribution in [2.24, 2.45) is 5.73 Å². The third-order valence-corrected chi connectivity index (χ3v) is 3.68. The van der Waals surface area contributed by atoms with Gasteiger partial charge in [-0.2, -0.15) is 0 Å². The summed E-state index contributed by atoms with van der Waals surface area (Å²) in [5.74, 6) is -1.83. The van der Waals surface area contributed by atoms with Crippen LogP contribution in [-0.4, -0.2) is 40.8 Å². The fourth-order valence-electron chi connectivity index (χ4n) is 2.58. The Hall–Kier alpha value is -2.97. The number of hydrogen-bond donors (Lipinski definition) is 1. The maximum absolute atomic E-state index is 12.5. The highest BCUT2D eigenvalue weighted by atomic mass is 16.6. The number of fused-ring (bicyclic) bond motifs is 1. The highest BCUT2D eigenvalue weighted by molar-refractivity contribution is 6.01. The predicted octanol–water partition coefficient (Wildman–Crippen LogP) is 0.358. The van der Waals surface area contributed by atoms with Crippen LogP contribution in [0.1, 0.15) is 28.8 Å². The lowest BCUT2D eigenvalue weighted by molar-refractivity contribution is -0.385. The molecule has 0 unspecified atom stereocenters. The topological polar surface area (TPSA) is 133 Å². The van der Waals surface area contributed by atoms with Gasteiger partial charge in [0.15, 0.2) is 0 Å². The molecule has 1 atom stereocenters. The summed E-state index contributed by atoms with van der Waals surface area (Å²) in [6.45, 7) is -0.0934. The molecule has 0 aromatic heterocycles. The van der Waals surface area contributed by atoms with Gasteiger partial charge in [0.25, 0.3) is 11.6 Å². The molecular formula is C14H15N3O6. The number of ether oxygens (including phenoxy) is 1. The van der Waals surface area contributed by atoms with Gasteiger partial charge in [-0.3, -0.25) is 19.7 Å². The Balaban J connectivity index is 2.34. The van der Waals surface area contributed by atoms with E-state index in [1.807, 2.05) is 0 Å². The first-order valence-corrected chi connectivity index (χ1v) is 6.80. The Kier molecular flexibility index (Phi) is 4.58. The van der Waals surface area contributed by atoms with Crippen LogP contribution in [-0.2, 0) is 20.9 Å². The number of benzene rings is 1. The van der Waals surface area contributed by atoms with Crippen molar-refractivity contribution in [3.8, 4) is 0 Å². The van der Waals surface area contributed by atoms with Gasteiger partial charge in [0.1, 0.15) is 6.04 Å². The molecule has 2 rings (SSSR count). The number of primary amides is 1. The molecule has 2 N–H and O–H groups in total. The number of carbonyl (C=O) groups excluding carboxylic acids is 3. The van der Waals surface area contributed by atoms with Crippen molar-refractivity contribution in [3.63, 3.8) is 0 Å². The zero-order valence-corrected chi connectivity index (χ0v) is 12.4. The molecule has 0 bridgehead atoms. The van der Waals surface area contributed by atoms with Crippen LogP contribution in [0.2, 0.25) is 0 Å². The second-order valence-electron chi connectivity index (χ2n) is 5.04. The van der Waals surface area contributed by atoms with Crippen LogP contribution < -0.4 is 5.73 Å². The first-order chi connectivity index (χ1) is 10.9. The van der Waals surface area contributed by atoms with E-state index in [2.05, 4.69) is 4.74 Å². The highest BCUT2D eigenvalue weighted by Gasteiger charge is 2.40. The maximum atomic E-state index is 12.5. The maximum Gasteiger partial charge on any atom is 0.328 e. The van der Waals surface area contributed by atoms with E-state index in [1.54, 1.807) is 0 Å². The average Bonchev–Trinajstić information content (AvgIpc) is 2.84. The van der Waals surface area contributed by atoms with Gasteiger partial charge in [-0.1, -0.05) is 6.07 Å². The normalized spacial score (nSPS) is 14.3. The van der Waals surface area contributed by atoms with Gasteiger partial charge in [-0.25, -0.2) is 4.79 Å². The minimum Gasteiger partial charge on any atom is -0.467 e. The molecule has 23 heavy (non-hydrogen) atoms. The number of nitrogens with zero attached hydrogens (tertiary/aromatic N) is 2. The largest absolute Gasteiger partial charge is 0.467 e. The number of nitro groups is 1. The fraction of sp³-hybridized carbons (Fsp3) is 0.357. The van der Waals surface area contributed by atoms with Gasteiger partial charge in [0, 0.05) is 12.5 Å².